The monoisotopic (exact) mass is 450 g/mol. The molecule has 4 heterocycles. The van der Waals surface area contributed by atoms with Gasteiger partial charge in [0.25, 0.3) is 0 Å². The Balaban J connectivity index is 1.35. The SMILES string of the molecule is CCCCO[C@@H]1CC[C@H](N)C(=O)N2[C@H](CC[C@H]2C(=O)N2CC(C(=O)N3CCOCC3)C2)C1. The number of amides is 3. The van der Waals surface area contributed by atoms with Crippen molar-refractivity contribution in [1.82, 2.24) is 14.7 Å². The second-order valence-corrected chi connectivity index (χ2v) is 9.64. The summed E-state index contributed by atoms with van der Waals surface area (Å²) in [7, 11) is 0. The molecule has 0 radical (unpaired) electrons. The van der Waals surface area contributed by atoms with Crippen LogP contribution in [0.25, 0.3) is 0 Å². The van der Waals surface area contributed by atoms with E-state index >= 15 is 0 Å². The molecule has 0 saturated carbocycles. The first kappa shape index (κ1) is 23.4. The average molecular weight is 451 g/mol. The molecule has 4 rings (SSSR count). The van der Waals surface area contributed by atoms with E-state index in [0.29, 0.717) is 52.2 Å². The number of carbonyl (C=O) groups is 3. The number of fused-ring (bicyclic) bond motifs is 1. The smallest absolute Gasteiger partial charge is 0.245 e. The van der Waals surface area contributed by atoms with Crippen molar-refractivity contribution in [3.8, 4) is 0 Å². The summed E-state index contributed by atoms with van der Waals surface area (Å²) in [6.07, 6.45) is 5.79. The van der Waals surface area contributed by atoms with E-state index in [2.05, 4.69) is 6.92 Å². The summed E-state index contributed by atoms with van der Waals surface area (Å²) in [5, 5.41) is 0. The zero-order valence-corrected chi connectivity index (χ0v) is 19.2. The third-order valence-electron chi connectivity index (χ3n) is 7.41. The lowest BCUT2D eigenvalue weighted by Crippen LogP contribution is -2.62. The van der Waals surface area contributed by atoms with E-state index in [4.69, 9.17) is 15.2 Å². The summed E-state index contributed by atoms with van der Waals surface area (Å²) in [6, 6.07) is -1.05. The molecule has 0 bridgehead atoms. The Morgan fingerprint density at radius 1 is 1.06 bits per heavy atom. The Hall–Kier alpha value is -1.71. The van der Waals surface area contributed by atoms with Crippen LogP contribution in [0.1, 0.15) is 51.9 Å². The minimum absolute atomic E-state index is 0.00137. The van der Waals surface area contributed by atoms with Crippen molar-refractivity contribution in [2.24, 2.45) is 11.7 Å². The van der Waals surface area contributed by atoms with Crippen LogP contribution in [0.3, 0.4) is 0 Å². The molecule has 32 heavy (non-hydrogen) atoms. The number of nitrogens with two attached hydrogens (primary N) is 1. The zero-order valence-electron chi connectivity index (χ0n) is 19.2. The lowest BCUT2D eigenvalue weighted by atomic mass is 9.96. The molecule has 9 heteroatoms. The van der Waals surface area contributed by atoms with Gasteiger partial charge in [0.05, 0.1) is 31.3 Å². The van der Waals surface area contributed by atoms with Gasteiger partial charge in [0.1, 0.15) is 6.04 Å². The highest BCUT2D eigenvalue weighted by molar-refractivity contribution is 5.92. The lowest BCUT2D eigenvalue weighted by molar-refractivity contribution is -0.157. The van der Waals surface area contributed by atoms with Crippen LogP contribution in [0.5, 0.6) is 0 Å². The molecule has 4 fully saturated rings. The fourth-order valence-electron chi connectivity index (χ4n) is 5.41. The van der Waals surface area contributed by atoms with Crippen LogP contribution in [-0.2, 0) is 23.9 Å². The van der Waals surface area contributed by atoms with E-state index in [1.807, 2.05) is 4.90 Å². The number of likely N-dealkylation sites (tertiary alicyclic amines) is 1. The van der Waals surface area contributed by atoms with Crippen molar-refractivity contribution in [2.45, 2.75) is 76.1 Å². The number of carbonyl (C=O) groups excluding carboxylic acids is 3. The van der Waals surface area contributed by atoms with Crippen molar-refractivity contribution in [2.75, 3.05) is 46.0 Å². The Labute approximate surface area is 190 Å². The maximum Gasteiger partial charge on any atom is 0.245 e. The molecular weight excluding hydrogens is 412 g/mol. The predicted molar refractivity (Wildman–Crippen MR) is 118 cm³/mol. The van der Waals surface area contributed by atoms with Gasteiger partial charge < -0.3 is 29.9 Å². The molecule has 9 nitrogen and oxygen atoms in total. The summed E-state index contributed by atoms with van der Waals surface area (Å²) >= 11 is 0. The van der Waals surface area contributed by atoms with Gasteiger partial charge in [-0.2, -0.15) is 0 Å². The zero-order chi connectivity index (χ0) is 22.7. The number of unbranched alkanes of at least 4 members (excludes halogenated alkanes) is 1. The van der Waals surface area contributed by atoms with Gasteiger partial charge in [-0.25, -0.2) is 0 Å². The average Bonchev–Trinajstić information content (AvgIpc) is 3.18. The van der Waals surface area contributed by atoms with Crippen LogP contribution < -0.4 is 5.73 Å². The van der Waals surface area contributed by atoms with Crippen molar-refractivity contribution in [1.29, 1.82) is 0 Å². The predicted octanol–water partition coefficient (Wildman–Crippen LogP) is 0.360. The molecule has 2 N–H and O–H groups in total. The van der Waals surface area contributed by atoms with Gasteiger partial charge in [-0.1, -0.05) is 13.3 Å². The number of rotatable bonds is 6. The first-order valence-electron chi connectivity index (χ1n) is 12.3. The van der Waals surface area contributed by atoms with Gasteiger partial charge in [0.2, 0.25) is 17.7 Å². The van der Waals surface area contributed by atoms with Crippen LogP contribution >= 0.6 is 0 Å². The normalized spacial score (nSPS) is 31.7. The summed E-state index contributed by atoms with van der Waals surface area (Å²) in [4.78, 5) is 44.4. The largest absolute Gasteiger partial charge is 0.378 e. The molecule has 0 unspecified atom stereocenters. The second-order valence-electron chi connectivity index (χ2n) is 9.64. The van der Waals surface area contributed by atoms with Crippen molar-refractivity contribution >= 4 is 17.7 Å². The fraction of sp³-hybridized carbons (Fsp3) is 0.870. The van der Waals surface area contributed by atoms with E-state index in [-0.39, 0.29) is 35.8 Å². The van der Waals surface area contributed by atoms with Gasteiger partial charge in [-0.3, -0.25) is 14.4 Å². The van der Waals surface area contributed by atoms with Gasteiger partial charge in [0.15, 0.2) is 0 Å². The first-order chi connectivity index (χ1) is 15.5. The molecule has 4 saturated heterocycles. The molecule has 4 aliphatic heterocycles. The minimum Gasteiger partial charge on any atom is -0.378 e. The van der Waals surface area contributed by atoms with Crippen LogP contribution in [0.2, 0.25) is 0 Å². The highest BCUT2D eigenvalue weighted by atomic mass is 16.5. The molecule has 0 aromatic heterocycles. The molecule has 0 aromatic carbocycles. The van der Waals surface area contributed by atoms with Crippen molar-refractivity contribution in [3.05, 3.63) is 0 Å². The highest BCUT2D eigenvalue weighted by Crippen LogP contribution is 2.34. The number of morpholine rings is 1. The Bertz CT molecular complexity index is 692. The van der Waals surface area contributed by atoms with Crippen molar-refractivity contribution < 1.29 is 23.9 Å². The Morgan fingerprint density at radius 2 is 1.81 bits per heavy atom. The molecule has 3 amide bonds. The highest BCUT2D eigenvalue weighted by Gasteiger charge is 2.48. The Morgan fingerprint density at radius 3 is 2.53 bits per heavy atom. The van der Waals surface area contributed by atoms with E-state index < -0.39 is 12.1 Å². The number of hydrogen-bond donors (Lipinski definition) is 1. The molecule has 0 spiro atoms. The van der Waals surface area contributed by atoms with Gasteiger partial charge in [-0.05, 0) is 38.5 Å². The Kier molecular flexibility index (Phi) is 7.68. The van der Waals surface area contributed by atoms with Gasteiger partial charge in [0, 0.05) is 38.8 Å². The van der Waals surface area contributed by atoms with Gasteiger partial charge >= 0.3 is 0 Å². The minimum atomic E-state index is -0.587. The van der Waals surface area contributed by atoms with Crippen molar-refractivity contribution in [3.63, 3.8) is 0 Å². The van der Waals surface area contributed by atoms with E-state index in [1.165, 1.54) is 0 Å². The maximum absolute atomic E-state index is 13.3. The molecule has 4 aliphatic rings. The molecule has 4 atom stereocenters. The summed E-state index contributed by atoms with van der Waals surface area (Å²) in [5.41, 5.74) is 6.22. The number of ether oxygens (including phenoxy) is 2. The summed E-state index contributed by atoms with van der Waals surface area (Å²) < 4.78 is 11.4. The van der Waals surface area contributed by atoms with E-state index in [1.54, 1.807) is 9.80 Å². The fourth-order valence-corrected chi connectivity index (χ4v) is 5.41. The number of hydrogen-bond acceptors (Lipinski definition) is 6. The molecule has 0 aromatic rings. The van der Waals surface area contributed by atoms with Crippen LogP contribution in [0.4, 0.5) is 0 Å². The second kappa shape index (κ2) is 10.5. The lowest BCUT2D eigenvalue weighted by Gasteiger charge is -2.44. The molecule has 180 valence electrons. The molecule has 0 aliphatic carbocycles. The quantitative estimate of drug-likeness (QED) is 0.586. The van der Waals surface area contributed by atoms with E-state index in [9.17, 15) is 14.4 Å². The van der Waals surface area contributed by atoms with Crippen LogP contribution in [-0.4, -0.2) is 103 Å². The van der Waals surface area contributed by atoms with Crippen LogP contribution in [0, 0.1) is 5.92 Å². The standard InChI is InChI=1S/C23H38N4O5/c1-2-3-10-32-18-5-6-19(24)22(29)27-17(13-18)4-7-20(27)23(30)26-14-16(15-26)21(28)25-8-11-31-12-9-25/h16-20H,2-15,24H2,1H3/t17-,18-,19+,20+/m1/s1. The van der Waals surface area contributed by atoms with E-state index in [0.717, 1.165) is 38.7 Å². The van der Waals surface area contributed by atoms with Crippen LogP contribution in [0.15, 0.2) is 0 Å². The summed E-state index contributed by atoms with van der Waals surface area (Å²) in [5.74, 6) is -0.184. The first-order valence-corrected chi connectivity index (χ1v) is 12.3. The topological polar surface area (TPSA) is 105 Å². The third kappa shape index (κ3) is 4.94. The van der Waals surface area contributed by atoms with Gasteiger partial charge in [-0.15, -0.1) is 0 Å². The maximum atomic E-state index is 13.3. The number of nitrogens with zero attached hydrogens (tertiary/aromatic N) is 3. The third-order valence-corrected chi connectivity index (χ3v) is 7.41. The summed E-state index contributed by atoms with van der Waals surface area (Å²) in [6.45, 7) is 6.13. The molecular formula is C23H38N4O5.